The van der Waals surface area contributed by atoms with Crippen LogP contribution in [0.15, 0.2) is 24.3 Å². The number of hydrogen-bond acceptors (Lipinski definition) is 1. The molecule has 0 N–H and O–H groups in total. The summed E-state index contributed by atoms with van der Waals surface area (Å²) >= 11 is 3.67. The summed E-state index contributed by atoms with van der Waals surface area (Å²) in [6.07, 6.45) is 4.06. The summed E-state index contributed by atoms with van der Waals surface area (Å²) in [7, 11) is 0. The largest absolute Gasteiger partial charge is 0.298 e. The minimum atomic E-state index is 0.617. The molecule has 2 heteroatoms. The first kappa shape index (κ1) is 10.8. The van der Waals surface area contributed by atoms with Crippen molar-refractivity contribution in [2.75, 3.05) is 18.4 Å². The Balaban J connectivity index is 1.69. The van der Waals surface area contributed by atoms with Crippen LogP contribution in [0, 0.1) is 5.41 Å². The van der Waals surface area contributed by atoms with Crippen molar-refractivity contribution in [1.82, 2.24) is 4.90 Å². The van der Waals surface area contributed by atoms with Crippen LogP contribution in [0.4, 0.5) is 0 Å². The van der Waals surface area contributed by atoms with E-state index in [1.54, 1.807) is 11.1 Å². The van der Waals surface area contributed by atoms with Gasteiger partial charge in [0.15, 0.2) is 0 Å². The lowest BCUT2D eigenvalue weighted by Gasteiger charge is -2.31. The first-order valence-corrected chi connectivity index (χ1v) is 7.29. The SMILES string of the molecule is BrCC1(CN2CCc3ccccc3C2)CC1. The van der Waals surface area contributed by atoms with Gasteiger partial charge in [0, 0.05) is 25.0 Å². The normalized spacial score (nSPS) is 22.8. The van der Waals surface area contributed by atoms with Gasteiger partial charge in [0.05, 0.1) is 0 Å². The Morgan fingerprint density at radius 2 is 1.94 bits per heavy atom. The highest BCUT2D eigenvalue weighted by Crippen LogP contribution is 2.48. The molecule has 1 heterocycles. The standard InChI is InChI=1S/C14H18BrN/c15-10-14(6-7-14)11-16-8-5-12-3-1-2-4-13(12)9-16/h1-4H,5-11H2. The molecule has 2 aliphatic rings. The van der Waals surface area contributed by atoms with Gasteiger partial charge in [-0.15, -0.1) is 0 Å². The van der Waals surface area contributed by atoms with Gasteiger partial charge in [0.2, 0.25) is 0 Å². The van der Waals surface area contributed by atoms with Crippen molar-refractivity contribution in [2.24, 2.45) is 5.41 Å². The zero-order chi connectivity index (χ0) is 11.0. The highest BCUT2D eigenvalue weighted by atomic mass is 79.9. The molecule has 0 bridgehead atoms. The molecule has 1 aliphatic carbocycles. The molecule has 86 valence electrons. The zero-order valence-electron chi connectivity index (χ0n) is 9.58. The van der Waals surface area contributed by atoms with E-state index in [2.05, 4.69) is 45.1 Å². The summed E-state index contributed by atoms with van der Waals surface area (Å²) in [5, 5.41) is 1.18. The predicted molar refractivity (Wildman–Crippen MR) is 70.9 cm³/mol. The van der Waals surface area contributed by atoms with Crippen LogP contribution < -0.4 is 0 Å². The maximum Gasteiger partial charge on any atom is 0.0236 e. The summed E-state index contributed by atoms with van der Waals surface area (Å²) in [5.74, 6) is 0. The summed E-state index contributed by atoms with van der Waals surface area (Å²) in [6.45, 7) is 3.68. The van der Waals surface area contributed by atoms with Crippen molar-refractivity contribution in [3.05, 3.63) is 35.4 Å². The van der Waals surface area contributed by atoms with Crippen LogP contribution in [0.1, 0.15) is 24.0 Å². The zero-order valence-corrected chi connectivity index (χ0v) is 11.2. The third kappa shape index (κ3) is 2.05. The third-order valence-corrected chi connectivity index (χ3v) is 5.20. The van der Waals surface area contributed by atoms with Crippen LogP contribution in [-0.4, -0.2) is 23.3 Å². The summed E-state index contributed by atoms with van der Waals surface area (Å²) in [5.41, 5.74) is 3.72. The molecule has 16 heavy (non-hydrogen) atoms. The van der Waals surface area contributed by atoms with Crippen molar-refractivity contribution >= 4 is 15.9 Å². The van der Waals surface area contributed by atoms with Crippen LogP contribution in [0.5, 0.6) is 0 Å². The highest BCUT2D eigenvalue weighted by molar-refractivity contribution is 9.09. The Labute approximate surface area is 106 Å². The second-order valence-electron chi connectivity index (χ2n) is 5.36. The minimum Gasteiger partial charge on any atom is -0.298 e. The van der Waals surface area contributed by atoms with E-state index in [1.165, 1.54) is 37.7 Å². The molecule has 0 saturated heterocycles. The van der Waals surface area contributed by atoms with Gasteiger partial charge in [-0.1, -0.05) is 40.2 Å². The first-order chi connectivity index (χ1) is 7.81. The topological polar surface area (TPSA) is 3.24 Å². The average molecular weight is 280 g/mol. The molecule has 0 radical (unpaired) electrons. The lowest BCUT2D eigenvalue weighted by Crippen LogP contribution is -2.35. The van der Waals surface area contributed by atoms with E-state index in [4.69, 9.17) is 0 Å². The fraction of sp³-hybridized carbons (Fsp3) is 0.571. The lowest BCUT2D eigenvalue weighted by molar-refractivity contribution is 0.213. The van der Waals surface area contributed by atoms with Gasteiger partial charge in [-0.05, 0) is 35.8 Å². The van der Waals surface area contributed by atoms with Crippen molar-refractivity contribution < 1.29 is 0 Å². The smallest absolute Gasteiger partial charge is 0.0236 e. The number of hydrogen-bond donors (Lipinski definition) is 0. The van der Waals surface area contributed by atoms with Crippen molar-refractivity contribution in [3.8, 4) is 0 Å². The number of nitrogens with zero attached hydrogens (tertiary/aromatic N) is 1. The number of alkyl halides is 1. The van der Waals surface area contributed by atoms with Crippen LogP contribution in [0.2, 0.25) is 0 Å². The van der Waals surface area contributed by atoms with Gasteiger partial charge in [-0.25, -0.2) is 0 Å². The van der Waals surface area contributed by atoms with Crippen molar-refractivity contribution in [3.63, 3.8) is 0 Å². The lowest BCUT2D eigenvalue weighted by atomic mass is 9.98. The van der Waals surface area contributed by atoms with E-state index >= 15 is 0 Å². The number of fused-ring (bicyclic) bond motifs is 1. The summed E-state index contributed by atoms with van der Waals surface area (Å²) in [4.78, 5) is 2.64. The van der Waals surface area contributed by atoms with Crippen LogP contribution in [0.25, 0.3) is 0 Å². The van der Waals surface area contributed by atoms with Gasteiger partial charge < -0.3 is 0 Å². The van der Waals surface area contributed by atoms with Crippen molar-refractivity contribution in [2.45, 2.75) is 25.8 Å². The number of halogens is 1. The molecule has 0 unspecified atom stereocenters. The second kappa shape index (κ2) is 4.15. The van der Waals surface area contributed by atoms with E-state index < -0.39 is 0 Å². The fourth-order valence-corrected chi connectivity index (χ4v) is 3.41. The third-order valence-electron chi connectivity index (χ3n) is 4.01. The molecule has 1 fully saturated rings. The molecule has 0 aromatic heterocycles. The highest BCUT2D eigenvalue weighted by Gasteiger charge is 2.42. The van der Waals surface area contributed by atoms with E-state index in [0.29, 0.717) is 5.41 Å². The molecule has 1 aromatic rings. The predicted octanol–water partition coefficient (Wildman–Crippen LogP) is 3.22. The van der Waals surface area contributed by atoms with Crippen molar-refractivity contribution in [1.29, 1.82) is 0 Å². The van der Waals surface area contributed by atoms with E-state index in [0.717, 1.165) is 6.54 Å². The number of benzene rings is 1. The molecule has 0 amide bonds. The van der Waals surface area contributed by atoms with E-state index in [9.17, 15) is 0 Å². The molecular weight excluding hydrogens is 262 g/mol. The second-order valence-corrected chi connectivity index (χ2v) is 5.92. The van der Waals surface area contributed by atoms with Gasteiger partial charge in [0.1, 0.15) is 0 Å². The Morgan fingerprint density at radius 3 is 2.62 bits per heavy atom. The summed E-state index contributed by atoms with van der Waals surface area (Å²) < 4.78 is 0. The van der Waals surface area contributed by atoms with Gasteiger partial charge in [0.25, 0.3) is 0 Å². The summed E-state index contributed by atoms with van der Waals surface area (Å²) in [6, 6.07) is 8.90. The number of rotatable bonds is 3. The molecule has 1 nitrogen and oxygen atoms in total. The van der Waals surface area contributed by atoms with Crippen LogP contribution in [0.3, 0.4) is 0 Å². The Bertz CT molecular complexity index is 384. The maximum atomic E-state index is 3.67. The van der Waals surface area contributed by atoms with Gasteiger partial charge >= 0.3 is 0 Å². The molecule has 1 aromatic carbocycles. The minimum absolute atomic E-state index is 0.617. The molecule has 1 saturated carbocycles. The first-order valence-electron chi connectivity index (χ1n) is 6.16. The molecule has 0 atom stereocenters. The van der Waals surface area contributed by atoms with Gasteiger partial charge in [-0.2, -0.15) is 0 Å². The van der Waals surface area contributed by atoms with Crippen LogP contribution >= 0.6 is 15.9 Å². The Hall–Kier alpha value is -0.340. The Kier molecular flexibility index (Phi) is 2.80. The quantitative estimate of drug-likeness (QED) is 0.768. The molecular formula is C14H18BrN. The maximum absolute atomic E-state index is 3.67. The monoisotopic (exact) mass is 279 g/mol. The van der Waals surface area contributed by atoms with E-state index in [-0.39, 0.29) is 0 Å². The van der Waals surface area contributed by atoms with E-state index in [1.807, 2.05) is 0 Å². The molecule has 3 rings (SSSR count). The van der Waals surface area contributed by atoms with Gasteiger partial charge in [-0.3, -0.25) is 4.90 Å². The van der Waals surface area contributed by atoms with Crippen LogP contribution in [-0.2, 0) is 13.0 Å². The Morgan fingerprint density at radius 1 is 1.19 bits per heavy atom. The molecule has 0 spiro atoms. The fourth-order valence-electron chi connectivity index (χ4n) is 2.67. The molecule has 1 aliphatic heterocycles. The average Bonchev–Trinajstić information content (AvgIpc) is 3.09.